The molecule has 0 spiro atoms. The molecule has 16 heavy (non-hydrogen) atoms. The van der Waals surface area contributed by atoms with Gasteiger partial charge in [-0.05, 0) is 32.1 Å². The van der Waals surface area contributed by atoms with Gasteiger partial charge in [0.1, 0.15) is 0 Å². The molecule has 0 unspecified atom stereocenters. The number of urea groups is 1. The minimum Gasteiger partial charge on any atom is -0.335 e. The first-order valence-electron chi connectivity index (χ1n) is 6.53. The maximum absolute atomic E-state index is 11.8. The second-order valence-corrected chi connectivity index (χ2v) is 5.27. The maximum atomic E-state index is 11.8. The lowest BCUT2D eigenvalue weighted by atomic mass is 9.82. The van der Waals surface area contributed by atoms with E-state index in [1.807, 2.05) is 0 Å². The Labute approximate surface area is 97.3 Å². The second kappa shape index (κ2) is 5.04. The first kappa shape index (κ1) is 11.7. The fourth-order valence-electron chi connectivity index (χ4n) is 2.62. The van der Waals surface area contributed by atoms with E-state index < -0.39 is 0 Å². The maximum Gasteiger partial charge on any atom is 0.315 e. The third kappa shape index (κ3) is 2.67. The summed E-state index contributed by atoms with van der Waals surface area (Å²) < 4.78 is 0. The summed E-state index contributed by atoms with van der Waals surface area (Å²) in [5, 5.41) is 6.12. The zero-order valence-electron chi connectivity index (χ0n) is 9.93. The summed E-state index contributed by atoms with van der Waals surface area (Å²) >= 11 is 0. The Morgan fingerprint density at radius 3 is 2.38 bits per heavy atom. The number of nitrogens with one attached hydrogen (secondary N) is 2. The van der Waals surface area contributed by atoms with E-state index in [2.05, 4.69) is 10.6 Å². The Kier molecular flexibility index (Phi) is 3.69. The number of carbonyl (C=O) groups is 1. The van der Waals surface area contributed by atoms with Gasteiger partial charge in [-0.15, -0.1) is 0 Å². The number of rotatable bonds is 3. The molecule has 0 bridgehead atoms. The molecule has 4 heteroatoms. The SMILES string of the molecule is NCC1(NC(=O)NC2CCC2)CCCCC1. The van der Waals surface area contributed by atoms with Crippen molar-refractivity contribution in [2.24, 2.45) is 5.73 Å². The van der Waals surface area contributed by atoms with Crippen molar-refractivity contribution in [2.45, 2.75) is 62.9 Å². The van der Waals surface area contributed by atoms with Gasteiger partial charge in [0.15, 0.2) is 0 Å². The Morgan fingerprint density at radius 1 is 1.19 bits per heavy atom. The average Bonchev–Trinajstić information content (AvgIpc) is 2.25. The Balaban J connectivity index is 1.82. The van der Waals surface area contributed by atoms with E-state index in [9.17, 15) is 4.79 Å². The normalized spacial score (nSPS) is 24.6. The van der Waals surface area contributed by atoms with Crippen LogP contribution in [0.2, 0.25) is 0 Å². The number of nitrogens with two attached hydrogens (primary N) is 1. The van der Waals surface area contributed by atoms with Crippen LogP contribution < -0.4 is 16.4 Å². The second-order valence-electron chi connectivity index (χ2n) is 5.27. The van der Waals surface area contributed by atoms with Crippen molar-refractivity contribution in [3.05, 3.63) is 0 Å². The molecule has 0 aliphatic heterocycles. The molecule has 2 amide bonds. The molecule has 4 N–H and O–H groups in total. The van der Waals surface area contributed by atoms with E-state index in [1.165, 1.54) is 25.7 Å². The lowest BCUT2D eigenvalue weighted by Crippen LogP contribution is -2.59. The van der Waals surface area contributed by atoms with Crippen molar-refractivity contribution in [1.82, 2.24) is 10.6 Å². The summed E-state index contributed by atoms with van der Waals surface area (Å²) in [6.07, 6.45) is 9.19. The monoisotopic (exact) mass is 225 g/mol. The zero-order valence-corrected chi connectivity index (χ0v) is 9.93. The highest BCUT2D eigenvalue weighted by atomic mass is 16.2. The van der Waals surface area contributed by atoms with Crippen molar-refractivity contribution in [3.63, 3.8) is 0 Å². The quantitative estimate of drug-likeness (QED) is 0.681. The standard InChI is InChI=1S/C12H23N3O/c13-9-12(7-2-1-3-8-12)15-11(16)14-10-5-4-6-10/h10H,1-9,13H2,(H2,14,15,16). The van der Waals surface area contributed by atoms with Crippen LogP contribution >= 0.6 is 0 Å². The van der Waals surface area contributed by atoms with Gasteiger partial charge in [0.05, 0.1) is 5.54 Å². The lowest BCUT2D eigenvalue weighted by molar-refractivity contribution is 0.196. The first-order chi connectivity index (χ1) is 7.74. The van der Waals surface area contributed by atoms with Crippen molar-refractivity contribution < 1.29 is 4.79 Å². The summed E-state index contributed by atoms with van der Waals surface area (Å²) in [4.78, 5) is 11.8. The Bertz CT molecular complexity index is 245. The zero-order chi connectivity index (χ0) is 11.4. The number of hydrogen-bond acceptors (Lipinski definition) is 2. The fourth-order valence-corrected chi connectivity index (χ4v) is 2.62. The largest absolute Gasteiger partial charge is 0.335 e. The summed E-state index contributed by atoms with van der Waals surface area (Å²) in [7, 11) is 0. The minimum absolute atomic E-state index is 0.0166. The van der Waals surface area contributed by atoms with Gasteiger partial charge in [-0.3, -0.25) is 0 Å². The molecule has 2 saturated carbocycles. The van der Waals surface area contributed by atoms with Gasteiger partial charge in [-0.2, -0.15) is 0 Å². The predicted molar refractivity (Wildman–Crippen MR) is 64.2 cm³/mol. The minimum atomic E-state index is -0.133. The van der Waals surface area contributed by atoms with Crippen LogP contribution in [0.1, 0.15) is 51.4 Å². The van der Waals surface area contributed by atoms with Gasteiger partial charge in [-0.1, -0.05) is 19.3 Å². The van der Waals surface area contributed by atoms with Gasteiger partial charge in [-0.25, -0.2) is 4.79 Å². The van der Waals surface area contributed by atoms with Gasteiger partial charge < -0.3 is 16.4 Å². The summed E-state index contributed by atoms with van der Waals surface area (Å²) in [6.45, 7) is 0.561. The van der Waals surface area contributed by atoms with Crippen LogP contribution in [0, 0.1) is 0 Å². The van der Waals surface area contributed by atoms with Crippen molar-refractivity contribution in [1.29, 1.82) is 0 Å². The molecule has 0 heterocycles. The van der Waals surface area contributed by atoms with Crippen LogP contribution in [0.5, 0.6) is 0 Å². The van der Waals surface area contributed by atoms with Gasteiger partial charge in [0.2, 0.25) is 0 Å². The van der Waals surface area contributed by atoms with Crippen molar-refractivity contribution in [3.8, 4) is 0 Å². The molecule has 0 aromatic rings. The van der Waals surface area contributed by atoms with E-state index in [0.29, 0.717) is 12.6 Å². The van der Waals surface area contributed by atoms with Crippen LogP contribution in [-0.2, 0) is 0 Å². The molecule has 2 aliphatic rings. The highest BCUT2D eigenvalue weighted by Crippen LogP contribution is 2.27. The summed E-state index contributed by atoms with van der Waals surface area (Å²) in [6, 6.07) is 0.385. The van der Waals surface area contributed by atoms with E-state index >= 15 is 0 Å². The van der Waals surface area contributed by atoms with Crippen LogP contribution in [-0.4, -0.2) is 24.2 Å². The lowest BCUT2D eigenvalue weighted by Gasteiger charge is -2.38. The predicted octanol–water partition coefficient (Wildman–Crippen LogP) is 1.50. The molecule has 0 saturated heterocycles. The van der Waals surface area contributed by atoms with Gasteiger partial charge >= 0.3 is 6.03 Å². The number of amides is 2. The summed E-state index contributed by atoms with van der Waals surface area (Å²) in [5.41, 5.74) is 5.69. The smallest absolute Gasteiger partial charge is 0.315 e. The van der Waals surface area contributed by atoms with E-state index in [-0.39, 0.29) is 11.6 Å². The van der Waals surface area contributed by atoms with E-state index in [0.717, 1.165) is 25.7 Å². The number of carbonyl (C=O) groups excluding carboxylic acids is 1. The highest BCUT2D eigenvalue weighted by Gasteiger charge is 2.32. The Morgan fingerprint density at radius 2 is 1.88 bits per heavy atom. The molecule has 0 aromatic carbocycles. The Hall–Kier alpha value is -0.770. The molecule has 2 aliphatic carbocycles. The average molecular weight is 225 g/mol. The van der Waals surface area contributed by atoms with Crippen LogP contribution in [0.15, 0.2) is 0 Å². The van der Waals surface area contributed by atoms with Gasteiger partial charge in [0, 0.05) is 12.6 Å². The molecule has 0 aromatic heterocycles. The molecule has 0 atom stereocenters. The fraction of sp³-hybridized carbons (Fsp3) is 0.917. The molecular formula is C12H23N3O. The van der Waals surface area contributed by atoms with E-state index in [1.54, 1.807) is 0 Å². The van der Waals surface area contributed by atoms with E-state index in [4.69, 9.17) is 5.73 Å². The van der Waals surface area contributed by atoms with Crippen LogP contribution in [0.3, 0.4) is 0 Å². The van der Waals surface area contributed by atoms with Crippen LogP contribution in [0.4, 0.5) is 4.79 Å². The van der Waals surface area contributed by atoms with Crippen molar-refractivity contribution >= 4 is 6.03 Å². The first-order valence-corrected chi connectivity index (χ1v) is 6.53. The molecule has 2 fully saturated rings. The molecule has 92 valence electrons. The molecular weight excluding hydrogens is 202 g/mol. The third-order valence-electron chi connectivity index (χ3n) is 4.02. The molecule has 0 radical (unpaired) electrons. The third-order valence-corrected chi connectivity index (χ3v) is 4.02. The summed E-state index contributed by atoms with van der Waals surface area (Å²) in [5.74, 6) is 0. The van der Waals surface area contributed by atoms with Gasteiger partial charge in [0.25, 0.3) is 0 Å². The van der Waals surface area contributed by atoms with Crippen molar-refractivity contribution in [2.75, 3.05) is 6.54 Å². The molecule has 4 nitrogen and oxygen atoms in total. The topological polar surface area (TPSA) is 67.1 Å². The van der Waals surface area contributed by atoms with Crippen LogP contribution in [0.25, 0.3) is 0 Å². The highest BCUT2D eigenvalue weighted by molar-refractivity contribution is 5.75. The molecule has 2 rings (SSSR count). The number of hydrogen-bond donors (Lipinski definition) is 3.